The molecule has 1 unspecified atom stereocenters. The van der Waals surface area contributed by atoms with Gasteiger partial charge in [-0.2, -0.15) is 0 Å². The number of hydrogen-bond donors (Lipinski definition) is 1. The largest absolute Gasteiger partial charge is 0.416 e. The maximum atomic E-state index is 11.4. The number of ether oxygens (including phenoxy) is 2. The van der Waals surface area contributed by atoms with Crippen LogP contribution in [0.5, 0.6) is 0 Å². The third-order valence-corrected chi connectivity index (χ3v) is 2.96. The highest BCUT2D eigenvalue weighted by Gasteiger charge is 2.43. The number of unbranched alkanes of at least 4 members (excludes halogenated alkanes) is 2. The van der Waals surface area contributed by atoms with E-state index in [0.717, 1.165) is 31.4 Å². The second-order valence-corrected chi connectivity index (χ2v) is 4.43. The van der Waals surface area contributed by atoms with Gasteiger partial charge in [-0.15, -0.1) is 0 Å². The molecule has 0 aromatic carbocycles. The molecule has 1 N–H and O–H groups in total. The summed E-state index contributed by atoms with van der Waals surface area (Å²) in [5, 5.41) is 10.3. The Bertz CT molecular complexity index is 326. The summed E-state index contributed by atoms with van der Waals surface area (Å²) in [7, 11) is 0. The van der Waals surface area contributed by atoms with Crippen molar-refractivity contribution in [3.05, 3.63) is 25.3 Å². The lowest BCUT2D eigenvalue weighted by Crippen LogP contribution is -2.49. The number of aliphatic hydroxyl groups is 1. The van der Waals surface area contributed by atoms with Gasteiger partial charge >= 0.3 is 11.9 Å². The molecule has 0 aromatic rings. The minimum absolute atomic E-state index is 0.138. The molecule has 0 amide bonds. The highest BCUT2D eigenvalue weighted by atomic mass is 16.7. The monoisotopic (exact) mass is 284 g/mol. The highest BCUT2D eigenvalue weighted by molar-refractivity contribution is 5.83. The van der Waals surface area contributed by atoms with Crippen LogP contribution in [0.15, 0.2) is 25.3 Å². The molecule has 0 spiro atoms. The van der Waals surface area contributed by atoms with Gasteiger partial charge in [-0.05, 0) is 6.42 Å². The minimum atomic E-state index is -1.69. The van der Waals surface area contributed by atoms with Crippen LogP contribution in [0.2, 0.25) is 0 Å². The molecular weight excluding hydrogens is 260 g/mol. The van der Waals surface area contributed by atoms with Crippen LogP contribution in [0.4, 0.5) is 0 Å². The fourth-order valence-electron chi connectivity index (χ4n) is 1.77. The van der Waals surface area contributed by atoms with Gasteiger partial charge in [0.25, 0.3) is 5.79 Å². The lowest BCUT2D eigenvalue weighted by Gasteiger charge is -2.35. The number of esters is 2. The van der Waals surface area contributed by atoms with Crippen LogP contribution in [0.25, 0.3) is 0 Å². The topological polar surface area (TPSA) is 72.8 Å². The first-order valence-corrected chi connectivity index (χ1v) is 6.84. The lowest BCUT2D eigenvalue weighted by atomic mass is 10.0. The summed E-state index contributed by atoms with van der Waals surface area (Å²) >= 11 is 0. The summed E-state index contributed by atoms with van der Waals surface area (Å²) in [5.74, 6) is -3.19. The Kier molecular flexibility index (Phi) is 8.56. The van der Waals surface area contributed by atoms with Crippen molar-refractivity contribution in [2.24, 2.45) is 0 Å². The van der Waals surface area contributed by atoms with E-state index in [9.17, 15) is 14.7 Å². The van der Waals surface area contributed by atoms with Crippen LogP contribution >= 0.6 is 0 Å². The molecule has 5 nitrogen and oxygen atoms in total. The van der Waals surface area contributed by atoms with Gasteiger partial charge in [-0.1, -0.05) is 46.3 Å². The van der Waals surface area contributed by atoms with E-state index >= 15 is 0 Å². The Morgan fingerprint density at radius 1 is 1.15 bits per heavy atom. The third-order valence-electron chi connectivity index (χ3n) is 2.96. The van der Waals surface area contributed by atoms with Crippen molar-refractivity contribution < 1.29 is 24.2 Å². The molecule has 0 aliphatic rings. The Balaban J connectivity index is 5.05. The van der Waals surface area contributed by atoms with Gasteiger partial charge in [-0.25, -0.2) is 9.59 Å². The molecule has 0 radical (unpaired) electrons. The lowest BCUT2D eigenvalue weighted by molar-refractivity contribution is -0.258. The second kappa shape index (κ2) is 9.31. The summed E-state index contributed by atoms with van der Waals surface area (Å²) in [6.07, 6.45) is 4.02. The van der Waals surface area contributed by atoms with Crippen molar-refractivity contribution in [3.63, 3.8) is 0 Å². The fourth-order valence-corrected chi connectivity index (χ4v) is 1.77. The molecular formula is C15H24O5. The van der Waals surface area contributed by atoms with Gasteiger partial charge in [0.1, 0.15) is 6.10 Å². The summed E-state index contributed by atoms with van der Waals surface area (Å²) < 4.78 is 10.2. The van der Waals surface area contributed by atoms with Crippen LogP contribution in [0.1, 0.15) is 46.0 Å². The van der Waals surface area contributed by atoms with Gasteiger partial charge < -0.3 is 14.6 Å². The second-order valence-electron chi connectivity index (χ2n) is 4.43. The van der Waals surface area contributed by atoms with E-state index in [4.69, 9.17) is 9.47 Å². The van der Waals surface area contributed by atoms with Gasteiger partial charge in [-0.3, -0.25) is 0 Å². The smallest absolute Gasteiger partial charge is 0.333 e. The molecule has 0 heterocycles. The number of carbonyl (C=O) groups is 2. The Morgan fingerprint density at radius 2 is 1.65 bits per heavy atom. The Hall–Kier alpha value is -1.62. The number of aliphatic hydroxyl groups excluding tert-OH is 1. The first kappa shape index (κ1) is 18.4. The predicted octanol–water partition coefficient (Wildman–Crippen LogP) is 2.49. The fraction of sp³-hybridized carbons (Fsp3) is 0.600. The number of carbonyl (C=O) groups excluding carboxylic acids is 2. The molecule has 0 saturated carbocycles. The summed E-state index contributed by atoms with van der Waals surface area (Å²) in [6, 6.07) is 0. The van der Waals surface area contributed by atoms with Gasteiger partial charge in [0.2, 0.25) is 0 Å². The van der Waals surface area contributed by atoms with Crippen molar-refractivity contribution in [1.29, 1.82) is 0 Å². The van der Waals surface area contributed by atoms with E-state index < -0.39 is 23.8 Å². The standard InChI is InChI=1S/C15H24O5/c1-5-9-10-11-12(16)15(8-4,19-13(17)6-2)20-14(18)7-3/h6-7,12,16H,2-3,5,8-11H2,1,4H3. The predicted molar refractivity (Wildman–Crippen MR) is 75.7 cm³/mol. The Labute approximate surface area is 120 Å². The van der Waals surface area contributed by atoms with Crippen LogP contribution in [-0.4, -0.2) is 28.9 Å². The van der Waals surface area contributed by atoms with Gasteiger partial charge in [0.05, 0.1) is 0 Å². The van der Waals surface area contributed by atoms with E-state index in [-0.39, 0.29) is 6.42 Å². The van der Waals surface area contributed by atoms with Crippen molar-refractivity contribution in [2.45, 2.75) is 57.8 Å². The van der Waals surface area contributed by atoms with E-state index in [1.807, 2.05) is 6.92 Å². The average Bonchev–Trinajstić information content (AvgIpc) is 2.46. The maximum absolute atomic E-state index is 11.4. The Morgan fingerprint density at radius 3 is 2.00 bits per heavy atom. The summed E-state index contributed by atoms with van der Waals surface area (Å²) in [6.45, 7) is 10.3. The first-order chi connectivity index (χ1) is 9.45. The van der Waals surface area contributed by atoms with Crippen LogP contribution in [-0.2, 0) is 19.1 Å². The van der Waals surface area contributed by atoms with Crippen LogP contribution < -0.4 is 0 Å². The molecule has 0 aromatic heterocycles. The van der Waals surface area contributed by atoms with Crippen molar-refractivity contribution in [3.8, 4) is 0 Å². The van der Waals surface area contributed by atoms with Gasteiger partial charge in [0.15, 0.2) is 0 Å². The number of hydrogen-bond acceptors (Lipinski definition) is 5. The molecule has 0 aliphatic carbocycles. The van der Waals surface area contributed by atoms with Crippen LogP contribution in [0, 0.1) is 0 Å². The molecule has 0 aliphatic heterocycles. The van der Waals surface area contributed by atoms with Crippen molar-refractivity contribution in [2.75, 3.05) is 0 Å². The van der Waals surface area contributed by atoms with E-state index in [1.54, 1.807) is 6.92 Å². The maximum Gasteiger partial charge on any atom is 0.333 e. The molecule has 5 heteroatoms. The molecule has 114 valence electrons. The van der Waals surface area contributed by atoms with Gasteiger partial charge in [0, 0.05) is 18.6 Å². The third kappa shape index (κ3) is 5.57. The quantitative estimate of drug-likeness (QED) is 0.289. The highest BCUT2D eigenvalue weighted by Crippen LogP contribution is 2.27. The molecule has 0 bridgehead atoms. The minimum Gasteiger partial charge on any atom is -0.416 e. The molecule has 0 rings (SSSR count). The first-order valence-electron chi connectivity index (χ1n) is 6.84. The van der Waals surface area contributed by atoms with E-state index in [1.165, 1.54) is 0 Å². The normalized spacial score (nSPS) is 12.3. The summed E-state index contributed by atoms with van der Waals surface area (Å²) in [4.78, 5) is 22.8. The zero-order chi connectivity index (χ0) is 15.6. The average molecular weight is 284 g/mol. The van der Waals surface area contributed by atoms with E-state index in [2.05, 4.69) is 13.2 Å². The molecule has 20 heavy (non-hydrogen) atoms. The summed E-state index contributed by atoms with van der Waals surface area (Å²) in [5.41, 5.74) is 0. The zero-order valence-corrected chi connectivity index (χ0v) is 12.3. The molecule has 1 atom stereocenters. The SMILES string of the molecule is C=CC(=O)OC(CC)(OC(=O)C=C)C(O)CCCCC. The molecule has 0 fully saturated rings. The van der Waals surface area contributed by atoms with Crippen molar-refractivity contribution in [1.82, 2.24) is 0 Å². The van der Waals surface area contributed by atoms with E-state index in [0.29, 0.717) is 6.42 Å². The van der Waals surface area contributed by atoms with Crippen LogP contribution in [0.3, 0.4) is 0 Å². The number of rotatable bonds is 10. The van der Waals surface area contributed by atoms with Crippen molar-refractivity contribution >= 4 is 11.9 Å². The molecule has 0 saturated heterocycles. The zero-order valence-electron chi connectivity index (χ0n) is 12.3.